The van der Waals surface area contributed by atoms with Crippen LogP contribution in [0.2, 0.25) is 0 Å². The number of hydrogen-bond donors (Lipinski definition) is 0. The molecule has 0 bridgehead atoms. The Morgan fingerprint density at radius 1 is 1.04 bits per heavy atom. The summed E-state index contributed by atoms with van der Waals surface area (Å²) in [6.07, 6.45) is 1.99. The van der Waals surface area contributed by atoms with E-state index in [1.54, 1.807) is 41.3 Å². The van der Waals surface area contributed by atoms with Gasteiger partial charge in [0.2, 0.25) is 0 Å². The Kier molecular flexibility index (Phi) is 5.29. The van der Waals surface area contributed by atoms with Gasteiger partial charge >= 0.3 is 11.9 Å². The smallest absolute Gasteiger partial charge is 0.308 e. The van der Waals surface area contributed by atoms with Gasteiger partial charge in [-0.3, -0.25) is 9.59 Å². The van der Waals surface area contributed by atoms with Gasteiger partial charge in [0.25, 0.3) is 0 Å². The van der Waals surface area contributed by atoms with Gasteiger partial charge in [-0.25, -0.2) is 4.98 Å². The van der Waals surface area contributed by atoms with Crippen molar-refractivity contribution in [3.05, 3.63) is 34.5 Å². The summed E-state index contributed by atoms with van der Waals surface area (Å²) >= 11 is 3.28. The molecule has 134 valence electrons. The highest BCUT2D eigenvalue weighted by atomic mass is 32.2. The van der Waals surface area contributed by atoms with Crippen LogP contribution in [-0.4, -0.2) is 23.2 Å². The molecule has 0 fully saturated rings. The largest absolute Gasteiger partial charge is 0.423 e. The van der Waals surface area contributed by atoms with Crippen molar-refractivity contribution in [1.29, 1.82) is 0 Å². The predicted octanol–water partition coefficient (Wildman–Crippen LogP) is 4.84. The van der Waals surface area contributed by atoms with Gasteiger partial charge in [0, 0.05) is 40.4 Å². The van der Waals surface area contributed by atoms with Crippen LogP contribution in [-0.2, 0) is 9.59 Å². The standard InChI is InChI=1S/C19H17NO4S2/c1-10-14-8-16(20-19(25-4)15(14)9-26-10)13-5-6-17(23-11(2)21)18(7-13)24-12(3)22/h5-9H,1-4H3. The molecule has 1 aromatic carbocycles. The number of ether oxygens (including phenoxy) is 2. The highest BCUT2D eigenvalue weighted by Crippen LogP contribution is 2.37. The number of fused-ring (bicyclic) bond motifs is 1. The van der Waals surface area contributed by atoms with Crippen molar-refractivity contribution in [2.75, 3.05) is 6.26 Å². The highest BCUT2D eigenvalue weighted by molar-refractivity contribution is 7.98. The number of thiophene rings is 1. The van der Waals surface area contributed by atoms with Crippen molar-refractivity contribution >= 4 is 45.8 Å². The lowest BCUT2D eigenvalue weighted by molar-refractivity contribution is -0.134. The molecule has 0 unspecified atom stereocenters. The Morgan fingerprint density at radius 3 is 2.38 bits per heavy atom. The van der Waals surface area contributed by atoms with E-state index in [0.29, 0.717) is 0 Å². The summed E-state index contributed by atoms with van der Waals surface area (Å²) in [5.41, 5.74) is 1.55. The van der Waals surface area contributed by atoms with Gasteiger partial charge in [0.1, 0.15) is 5.03 Å². The lowest BCUT2D eigenvalue weighted by atomic mass is 10.1. The van der Waals surface area contributed by atoms with Gasteiger partial charge < -0.3 is 9.47 Å². The molecule has 3 rings (SSSR count). The van der Waals surface area contributed by atoms with E-state index in [2.05, 4.69) is 12.3 Å². The zero-order chi connectivity index (χ0) is 18.8. The molecule has 0 spiro atoms. The fourth-order valence-electron chi connectivity index (χ4n) is 2.59. The second-order valence-corrected chi connectivity index (χ2v) is 7.50. The van der Waals surface area contributed by atoms with E-state index < -0.39 is 11.9 Å². The molecule has 0 aliphatic carbocycles. The minimum absolute atomic E-state index is 0.194. The summed E-state index contributed by atoms with van der Waals surface area (Å²) in [4.78, 5) is 28.6. The van der Waals surface area contributed by atoms with Crippen molar-refractivity contribution in [2.24, 2.45) is 0 Å². The van der Waals surface area contributed by atoms with Crippen molar-refractivity contribution < 1.29 is 19.1 Å². The van der Waals surface area contributed by atoms with Crippen LogP contribution in [0.4, 0.5) is 0 Å². The third kappa shape index (κ3) is 3.73. The Morgan fingerprint density at radius 2 is 1.73 bits per heavy atom. The van der Waals surface area contributed by atoms with E-state index in [1.165, 1.54) is 18.7 Å². The van der Waals surface area contributed by atoms with Crippen LogP contribution in [0.25, 0.3) is 22.0 Å². The van der Waals surface area contributed by atoms with Crippen LogP contribution in [0.5, 0.6) is 11.5 Å². The van der Waals surface area contributed by atoms with Crippen molar-refractivity contribution in [1.82, 2.24) is 4.98 Å². The van der Waals surface area contributed by atoms with Gasteiger partial charge in [0.15, 0.2) is 11.5 Å². The van der Waals surface area contributed by atoms with Gasteiger partial charge in [0.05, 0.1) is 5.69 Å². The molecule has 0 aliphatic rings. The second-order valence-electron chi connectivity index (χ2n) is 5.62. The summed E-state index contributed by atoms with van der Waals surface area (Å²) < 4.78 is 10.3. The number of carbonyl (C=O) groups excluding carboxylic acids is 2. The number of thioether (sulfide) groups is 1. The van der Waals surface area contributed by atoms with Crippen molar-refractivity contribution in [2.45, 2.75) is 25.8 Å². The van der Waals surface area contributed by atoms with Gasteiger partial charge in [-0.15, -0.1) is 23.1 Å². The predicted molar refractivity (Wildman–Crippen MR) is 104 cm³/mol. The maximum atomic E-state index is 11.4. The summed E-state index contributed by atoms with van der Waals surface area (Å²) in [6, 6.07) is 7.10. The lowest BCUT2D eigenvalue weighted by Crippen LogP contribution is -2.07. The molecule has 3 aromatic rings. The first-order valence-electron chi connectivity index (χ1n) is 7.83. The monoisotopic (exact) mass is 387 g/mol. The number of aryl methyl sites for hydroxylation is 1. The van der Waals surface area contributed by atoms with Crippen LogP contribution in [0, 0.1) is 6.92 Å². The molecule has 0 aliphatic heterocycles. The molecule has 2 aromatic heterocycles. The Hall–Kier alpha value is -2.38. The van der Waals surface area contributed by atoms with Crippen LogP contribution in [0.3, 0.4) is 0 Å². The highest BCUT2D eigenvalue weighted by Gasteiger charge is 2.15. The van der Waals surface area contributed by atoms with Crippen LogP contribution >= 0.6 is 23.1 Å². The first kappa shape index (κ1) is 18.4. The molecular weight excluding hydrogens is 370 g/mol. The average Bonchev–Trinajstić information content (AvgIpc) is 2.96. The van der Waals surface area contributed by atoms with Crippen LogP contribution in [0.1, 0.15) is 18.7 Å². The quantitative estimate of drug-likeness (QED) is 0.362. The molecule has 26 heavy (non-hydrogen) atoms. The van der Waals surface area contributed by atoms with E-state index in [0.717, 1.165) is 27.1 Å². The van der Waals surface area contributed by atoms with E-state index in [4.69, 9.17) is 14.5 Å². The molecule has 0 radical (unpaired) electrons. The van der Waals surface area contributed by atoms with Gasteiger partial charge in [-0.1, -0.05) is 0 Å². The topological polar surface area (TPSA) is 65.5 Å². The molecule has 0 saturated carbocycles. The Bertz CT molecular complexity index is 1010. The SMILES string of the molecule is CSc1nc(-c2ccc(OC(C)=O)c(OC(C)=O)c2)cc2c(C)scc12. The van der Waals surface area contributed by atoms with Gasteiger partial charge in [-0.2, -0.15) is 0 Å². The first-order valence-corrected chi connectivity index (χ1v) is 9.93. The number of pyridine rings is 1. The summed E-state index contributed by atoms with van der Waals surface area (Å²) in [5, 5.41) is 5.35. The van der Waals surface area contributed by atoms with Gasteiger partial charge in [-0.05, 0) is 37.4 Å². The molecule has 0 N–H and O–H groups in total. The number of esters is 2. The molecule has 0 saturated heterocycles. The zero-order valence-electron chi connectivity index (χ0n) is 14.8. The Balaban J connectivity index is 2.14. The fraction of sp³-hybridized carbons (Fsp3) is 0.211. The van der Waals surface area contributed by atoms with E-state index in [9.17, 15) is 9.59 Å². The van der Waals surface area contributed by atoms with Crippen molar-refractivity contribution in [3.63, 3.8) is 0 Å². The number of aromatic nitrogens is 1. The average molecular weight is 387 g/mol. The fourth-order valence-corrected chi connectivity index (χ4v) is 4.07. The minimum Gasteiger partial charge on any atom is -0.423 e. The lowest BCUT2D eigenvalue weighted by Gasteiger charge is -2.11. The molecule has 0 atom stereocenters. The third-order valence-corrected chi connectivity index (χ3v) is 5.32. The summed E-state index contributed by atoms with van der Waals surface area (Å²) in [7, 11) is 0. The molecule has 5 nitrogen and oxygen atoms in total. The molecular formula is C19H17NO4S2. The summed E-state index contributed by atoms with van der Waals surface area (Å²) in [5.74, 6) is -0.573. The number of hydrogen-bond acceptors (Lipinski definition) is 7. The maximum absolute atomic E-state index is 11.4. The molecule has 7 heteroatoms. The normalized spacial score (nSPS) is 10.8. The Labute approximate surface area is 159 Å². The first-order chi connectivity index (χ1) is 12.4. The molecule has 0 amide bonds. The van der Waals surface area contributed by atoms with E-state index in [1.807, 2.05) is 12.3 Å². The summed E-state index contributed by atoms with van der Waals surface area (Å²) in [6.45, 7) is 4.68. The number of carbonyl (C=O) groups is 2. The number of rotatable bonds is 4. The van der Waals surface area contributed by atoms with Crippen LogP contribution in [0.15, 0.2) is 34.7 Å². The van der Waals surface area contributed by atoms with Crippen molar-refractivity contribution in [3.8, 4) is 22.8 Å². The van der Waals surface area contributed by atoms with Crippen LogP contribution < -0.4 is 9.47 Å². The minimum atomic E-state index is -0.488. The zero-order valence-corrected chi connectivity index (χ0v) is 16.4. The van der Waals surface area contributed by atoms with E-state index >= 15 is 0 Å². The second kappa shape index (κ2) is 7.47. The number of benzene rings is 1. The third-order valence-electron chi connectivity index (χ3n) is 3.70. The maximum Gasteiger partial charge on any atom is 0.308 e. The van der Waals surface area contributed by atoms with E-state index in [-0.39, 0.29) is 11.5 Å². The number of nitrogens with zero attached hydrogens (tertiary/aromatic N) is 1. The molecule has 2 heterocycles.